The molecule has 316 valence electrons. The maximum absolute atomic E-state index is 16.2. The molecule has 2 atom stereocenters. The second kappa shape index (κ2) is 22.7. The van der Waals surface area contributed by atoms with Crippen LogP contribution in [0.2, 0.25) is 0 Å². The normalized spacial score (nSPS) is 12.7. The van der Waals surface area contributed by atoms with Crippen molar-refractivity contribution in [2.75, 3.05) is 0 Å². The molecule has 0 aliphatic carbocycles. The van der Waals surface area contributed by atoms with Crippen molar-refractivity contribution in [3.63, 3.8) is 0 Å². The average molecular weight is 855 g/mol. The van der Waals surface area contributed by atoms with E-state index in [9.17, 15) is 0 Å². The lowest BCUT2D eigenvalue weighted by Gasteiger charge is -2.50. The molecular formula is C54H58F4OSi2. The molecule has 0 amide bonds. The van der Waals surface area contributed by atoms with Gasteiger partial charge in [-0.15, -0.1) is 0 Å². The number of allylic oxidation sites excluding steroid dienone is 2. The Balaban J connectivity index is 1.81. The molecule has 1 nitrogen and oxygen atoms in total. The van der Waals surface area contributed by atoms with E-state index < -0.39 is 39.9 Å². The van der Waals surface area contributed by atoms with Gasteiger partial charge in [0.05, 0.1) is 0 Å². The summed E-state index contributed by atoms with van der Waals surface area (Å²) in [5.41, 5.74) is 4.10. The minimum atomic E-state index is -3.82. The molecule has 0 aliphatic rings. The summed E-state index contributed by atoms with van der Waals surface area (Å²) in [5, 5.41) is 0. The van der Waals surface area contributed by atoms with Crippen molar-refractivity contribution in [1.82, 2.24) is 0 Å². The van der Waals surface area contributed by atoms with Crippen LogP contribution in [0.4, 0.5) is 17.6 Å². The van der Waals surface area contributed by atoms with Gasteiger partial charge in [0.25, 0.3) is 12.2 Å². The fourth-order valence-electron chi connectivity index (χ4n) is 9.33. The first-order valence-electron chi connectivity index (χ1n) is 21.8. The summed E-state index contributed by atoms with van der Waals surface area (Å²) in [7, 11) is -7.64. The van der Waals surface area contributed by atoms with Crippen molar-refractivity contribution >= 4 is 16.6 Å². The molecule has 0 fully saturated rings. The van der Waals surface area contributed by atoms with Gasteiger partial charge in [0.2, 0.25) is 0 Å². The molecule has 0 aromatic heterocycles. The molecule has 2 unspecified atom stereocenters. The van der Waals surface area contributed by atoms with Crippen molar-refractivity contribution in [3.05, 3.63) is 239 Å². The van der Waals surface area contributed by atoms with E-state index in [-0.39, 0.29) is 24.0 Å². The Morgan fingerprint density at radius 1 is 0.393 bits per heavy atom. The summed E-state index contributed by atoms with van der Waals surface area (Å²) in [5.74, 6) is 0. The minimum absolute atomic E-state index is 0.101. The van der Waals surface area contributed by atoms with Crippen molar-refractivity contribution in [1.29, 1.82) is 0 Å². The molecule has 0 spiro atoms. The number of benzene rings is 6. The Hall–Kier alpha value is -5.09. The zero-order valence-corrected chi connectivity index (χ0v) is 37.5. The second-order valence-corrected chi connectivity index (χ2v) is 24.0. The molecule has 0 aliphatic heterocycles. The van der Waals surface area contributed by atoms with E-state index in [1.54, 1.807) is 0 Å². The summed E-state index contributed by atoms with van der Waals surface area (Å²) in [6, 6.07) is 61.4. The first-order valence-corrected chi connectivity index (χ1v) is 26.6. The highest BCUT2D eigenvalue weighted by molar-refractivity contribution is 6.88. The maximum atomic E-state index is 16.2. The third-order valence-electron chi connectivity index (χ3n) is 11.9. The molecule has 6 rings (SSSR count). The number of hydrogen-bond acceptors (Lipinski definition) is 1. The van der Waals surface area contributed by atoms with Gasteiger partial charge in [-0.25, -0.2) is 0 Å². The van der Waals surface area contributed by atoms with Crippen LogP contribution in [0.15, 0.2) is 205 Å². The van der Waals surface area contributed by atoms with Gasteiger partial charge in [0, 0.05) is 22.2 Å². The predicted molar refractivity (Wildman–Crippen MR) is 249 cm³/mol. The third-order valence-corrected chi connectivity index (χ3v) is 22.6. The Kier molecular flexibility index (Phi) is 16.9. The summed E-state index contributed by atoms with van der Waals surface area (Å²) in [4.78, 5) is 0. The van der Waals surface area contributed by atoms with Crippen molar-refractivity contribution in [2.24, 2.45) is 0 Å². The lowest BCUT2D eigenvalue weighted by Crippen LogP contribution is -2.64. The fraction of sp³-hybridized carbons (Fsp3) is 0.259. The summed E-state index contributed by atoms with van der Waals surface area (Å²) in [6.45, 7) is 4.05. The summed E-state index contributed by atoms with van der Waals surface area (Å²) < 4.78 is 73.6. The number of unbranched alkanes of at least 4 members (excludes halogenated alkanes) is 2. The van der Waals surface area contributed by atoms with Gasteiger partial charge in [-0.1, -0.05) is 209 Å². The van der Waals surface area contributed by atoms with Gasteiger partial charge in [-0.3, -0.25) is 0 Å². The molecule has 61 heavy (non-hydrogen) atoms. The van der Waals surface area contributed by atoms with Crippen LogP contribution in [0.1, 0.15) is 96.8 Å². The molecule has 0 bridgehead atoms. The number of halogens is 4. The van der Waals surface area contributed by atoms with Gasteiger partial charge >= 0.3 is 0 Å². The highest BCUT2D eigenvalue weighted by Gasteiger charge is 2.56. The van der Waals surface area contributed by atoms with Gasteiger partial charge in [0.1, 0.15) is 0 Å². The van der Waals surface area contributed by atoms with E-state index in [4.69, 9.17) is 4.12 Å². The number of rotatable bonds is 22. The molecule has 0 saturated carbocycles. The van der Waals surface area contributed by atoms with Crippen LogP contribution in [0.3, 0.4) is 0 Å². The van der Waals surface area contributed by atoms with Gasteiger partial charge in [0.15, 0.2) is 16.6 Å². The van der Waals surface area contributed by atoms with Crippen LogP contribution in [0.5, 0.6) is 0 Å². The van der Waals surface area contributed by atoms with Gasteiger partial charge in [-0.05, 0) is 83.2 Å². The summed E-state index contributed by atoms with van der Waals surface area (Å²) in [6.07, 6.45) is -0.314. The Morgan fingerprint density at radius 2 is 0.639 bits per heavy atom. The first kappa shape index (κ1) is 45.4. The molecule has 6 aromatic rings. The van der Waals surface area contributed by atoms with E-state index in [1.165, 1.54) is 0 Å². The van der Waals surface area contributed by atoms with Crippen LogP contribution in [0, 0.1) is 0 Å². The van der Waals surface area contributed by atoms with Gasteiger partial charge in [-0.2, -0.15) is 17.6 Å². The summed E-state index contributed by atoms with van der Waals surface area (Å²) >= 11 is 0. The topological polar surface area (TPSA) is 9.23 Å². The standard InChI is InChI=1S/C54H58F4OSi2/c1-3-5-37-49(53(55)56)51(47-33-21-11-22-34-47)60(39-43-25-13-7-14-26-43,40-44-27-15-8-16-28-44)59-61(41-45-29-17-9-18-30-45,42-46-31-19-10-20-32-46)52(48-35-23-12-24-36-48)50(54(57)58)38-6-4-2/h7-36,51-52H,3-6,37-42H2,1-2H3. The molecule has 0 N–H and O–H groups in total. The largest absolute Gasteiger partial charge is 0.453 e. The smallest absolute Gasteiger partial charge is 0.269 e. The highest BCUT2D eigenvalue weighted by Crippen LogP contribution is 2.49. The first-order chi connectivity index (χ1) is 29.8. The van der Waals surface area contributed by atoms with Crippen LogP contribution < -0.4 is 0 Å². The van der Waals surface area contributed by atoms with Crippen LogP contribution in [-0.4, -0.2) is 16.6 Å². The molecule has 7 heteroatoms. The van der Waals surface area contributed by atoms with E-state index >= 15 is 17.6 Å². The fourth-order valence-corrected chi connectivity index (χ4v) is 22.8. The molecule has 6 aromatic carbocycles. The lowest BCUT2D eigenvalue weighted by molar-refractivity contribution is 0.391. The van der Waals surface area contributed by atoms with Crippen LogP contribution >= 0.6 is 0 Å². The predicted octanol–water partition coefficient (Wildman–Crippen LogP) is 15.3. The lowest BCUT2D eigenvalue weighted by atomic mass is 10.0. The van der Waals surface area contributed by atoms with E-state index in [0.29, 0.717) is 37.0 Å². The zero-order valence-electron chi connectivity index (χ0n) is 35.5. The molecule has 0 radical (unpaired) electrons. The molecule has 0 saturated heterocycles. The average Bonchev–Trinajstić information content (AvgIpc) is 3.28. The Bertz CT molecular complexity index is 2000. The Labute approximate surface area is 363 Å². The quantitative estimate of drug-likeness (QED) is 0.0488. The second-order valence-electron chi connectivity index (χ2n) is 16.3. The molecule has 0 heterocycles. The van der Waals surface area contributed by atoms with Crippen LogP contribution in [0.25, 0.3) is 0 Å². The SMILES string of the molecule is CCCCC(=C(F)F)C(c1ccccc1)[Si](Cc1ccccc1)(Cc1ccccc1)O[Si](Cc1ccccc1)(Cc1ccccc1)C(C(CCCC)=C(F)F)c1ccccc1. The molecular weight excluding hydrogens is 797 g/mol. The van der Waals surface area contributed by atoms with Crippen molar-refractivity contribution in [2.45, 2.75) is 87.6 Å². The highest BCUT2D eigenvalue weighted by atomic mass is 28.4. The van der Waals surface area contributed by atoms with Crippen molar-refractivity contribution in [3.8, 4) is 0 Å². The monoisotopic (exact) mass is 854 g/mol. The van der Waals surface area contributed by atoms with Crippen LogP contribution in [-0.2, 0) is 28.3 Å². The number of hydrogen-bond donors (Lipinski definition) is 0. The van der Waals surface area contributed by atoms with E-state index in [1.807, 2.05) is 147 Å². The van der Waals surface area contributed by atoms with Crippen molar-refractivity contribution < 1.29 is 21.7 Å². The van der Waals surface area contributed by atoms with Gasteiger partial charge < -0.3 is 4.12 Å². The van der Waals surface area contributed by atoms with E-state index in [2.05, 4.69) is 48.5 Å². The van der Waals surface area contributed by atoms with E-state index in [0.717, 1.165) is 46.2 Å². The maximum Gasteiger partial charge on any atom is 0.269 e. The Morgan fingerprint density at radius 3 is 0.869 bits per heavy atom. The zero-order chi connectivity index (χ0) is 42.9. The minimum Gasteiger partial charge on any atom is -0.453 e. The third kappa shape index (κ3) is 12.1.